The summed E-state index contributed by atoms with van der Waals surface area (Å²) in [6, 6.07) is 8.27. The van der Waals surface area contributed by atoms with Crippen molar-refractivity contribution in [2.75, 3.05) is 13.1 Å². The highest BCUT2D eigenvalue weighted by atomic mass is 16.2. The summed E-state index contributed by atoms with van der Waals surface area (Å²) in [4.78, 5) is 36.0. The lowest BCUT2D eigenvalue weighted by Crippen LogP contribution is -2.40. The van der Waals surface area contributed by atoms with Crippen LogP contribution in [-0.4, -0.2) is 39.8 Å². The molecule has 6 nitrogen and oxygen atoms in total. The number of hydrogen-bond acceptors (Lipinski definition) is 4. The number of amides is 2. The van der Waals surface area contributed by atoms with Crippen molar-refractivity contribution in [3.63, 3.8) is 0 Å². The Morgan fingerprint density at radius 2 is 2.00 bits per heavy atom. The molecule has 29 heavy (non-hydrogen) atoms. The maximum atomic E-state index is 12.9. The molecule has 1 aliphatic carbocycles. The number of hydrogen-bond donors (Lipinski definition) is 1. The number of carbonyl (C=O) groups is 2. The normalized spacial score (nSPS) is 16.5. The number of aryl methyl sites for hydroxylation is 1. The third kappa shape index (κ3) is 4.63. The first kappa shape index (κ1) is 19.6. The lowest BCUT2D eigenvalue weighted by Gasteiger charge is -2.20. The molecule has 0 spiro atoms. The van der Waals surface area contributed by atoms with Gasteiger partial charge in [-0.1, -0.05) is 38.1 Å². The van der Waals surface area contributed by atoms with Gasteiger partial charge in [-0.05, 0) is 42.7 Å². The van der Waals surface area contributed by atoms with Crippen molar-refractivity contribution in [3.05, 3.63) is 58.7 Å². The zero-order valence-electron chi connectivity index (χ0n) is 17.1. The van der Waals surface area contributed by atoms with Crippen LogP contribution in [0.25, 0.3) is 0 Å². The molecular formula is C23H28N4O2. The second-order valence-corrected chi connectivity index (χ2v) is 8.37. The van der Waals surface area contributed by atoms with Gasteiger partial charge >= 0.3 is 0 Å². The van der Waals surface area contributed by atoms with E-state index in [1.807, 2.05) is 12.1 Å². The summed E-state index contributed by atoms with van der Waals surface area (Å²) >= 11 is 0. The van der Waals surface area contributed by atoms with Gasteiger partial charge in [-0.2, -0.15) is 0 Å². The highest BCUT2D eigenvalue weighted by Crippen LogP contribution is 2.38. The lowest BCUT2D eigenvalue weighted by atomic mass is 10.0. The zero-order chi connectivity index (χ0) is 20.4. The average Bonchev–Trinajstić information content (AvgIpc) is 3.57. The molecule has 0 bridgehead atoms. The van der Waals surface area contributed by atoms with Crippen molar-refractivity contribution in [3.8, 4) is 0 Å². The van der Waals surface area contributed by atoms with E-state index in [4.69, 9.17) is 0 Å². The highest BCUT2D eigenvalue weighted by Gasteiger charge is 2.30. The van der Waals surface area contributed by atoms with Gasteiger partial charge in [0.1, 0.15) is 5.82 Å². The second-order valence-electron chi connectivity index (χ2n) is 8.37. The molecule has 4 rings (SSSR count). The van der Waals surface area contributed by atoms with E-state index in [9.17, 15) is 9.59 Å². The van der Waals surface area contributed by atoms with Gasteiger partial charge < -0.3 is 10.2 Å². The van der Waals surface area contributed by atoms with Gasteiger partial charge in [0.25, 0.3) is 5.91 Å². The van der Waals surface area contributed by atoms with Gasteiger partial charge in [0.15, 0.2) is 0 Å². The lowest BCUT2D eigenvalue weighted by molar-refractivity contribution is -0.122. The molecule has 2 aromatic rings. The molecule has 0 radical (unpaired) electrons. The van der Waals surface area contributed by atoms with Crippen LogP contribution < -0.4 is 5.32 Å². The molecule has 2 heterocycles. The van der Waals surface area contributed by atoms with Crippen LogP contribution >= 0.6 is 0 Å². The SMILES string of the molecule is CC(C)c1ccc(CNC(=O)CN2CCCc3nc(C4CC4)ncc3C2=O)cc1. The molecule has 2 amide bonds. The quantitative estimate of drug-likeness (QED) is 0.819. The predicted molar refractivity (Wildman–Crippen MR) is 111 cm³/mol. The van der Waals surface area contributed by atoms with Crippen molar-refractivity contribution < 1.29 is 9.59 Å². The van der Waals surface area contributed by atoms with Crippen LogP contribution in [0.5, 0.6) is 0 Å². The van der Waals surface area contributed by atoms with Crippen LogP contribution in [0, 0.1) is 0 Å². The highest BCUT2D eigenvalue weighted by molar-refractivity contribution is 5.97. The predicted octanol–water partition coefficient (Wildman–Crippen LogP) is 3.18. The molecule has 0 unspecified atom stereocenters. The number of aromatic nitrogens is 2. The van der Waals surface area contributed by atoms with E-state index in [1.165, 1.54) is 5.56 Å². The monoisotopic (exact) mass is 392 g/mol. The van der Waals surface area contributed by atoms with Gasteiger partial charge in [-0.15, -0.1) is 0 Å². The Kier molecular flexibility index (Phi) is 5.60. The molecule has 1 N–H and O–H groups in total. The van der Waals surface area contributed by atoms with E-state index < -0.39 is 0 Å². The van der Waals surface area contributed by atoms with Crippen molar-refractivity contribution >= 4 is 11.8 Å². The summed E-state index contributed by atoms with van der Waals surface area (Å²) in [5.41, 5.74) is 3.71. The minimum atomic E-state index is -0.148. The summed E-state index contributed by atoms with van der Waals surface area (Å²) in [7, 11) is 0. The molecule has 1 aromatic carbocycles. The largest absolute Gasteiger partial charge is 0.350 e. The molecular weight excluding hydrogens is 364 g/mol. The smallest absolute Gasteiger partial charge is 0.257 e. The van der Waals surface area contributed by atoms with Crippen molar-refractivity contribution in [1.82, 2.24) is 20.2 Å². The molecule has 1 aliphatic heterocycles. The van der Waals surface area contributed by atoms with E-state index in [-0.39, 0.29) is 18.4 Å². The molecule has 0 atom stereocenters. The Labute approximate surface area is 171 Å². The van der Waals surface area contributed by atoms with E-state index in [0.717, 1.165) is 42.8 Å². The number of nitrogens with one attached hydrogen (secondary N) is 1. The van der Waals surface area contributed by atoms with Gasteiger partial charge in [-0.3, -0.25) is 9.59 Å². The first-order valence-electron chi connectivity index (χ1n) is 10.5. The van der Waals surface area contributed by atoms with Crippen LogP contribution in [0.4, 0.5) is 0 Å². The molecule has 1 aromatic heterocycles. The van der Waals surface area contributed by atoms with Crippen LogP contribution in [0.3, 0.4) is 0 Å². The Bertz CT molecular complexity index is 904. The summed E-state index contributed by atoms with van der Waals surface area (Å²) in [6.07, 6.45) is 5.50. The molecule has 0 saturated heterocycles. The minimum absolute atomic E-state index is 0.0622. The zero-order valence-corrected chi connectivity index (χ0v) is 17.1. The van der Waals surface area contributed by atoms with Gasteiger partial charge in [0, 0.05) is 25.2 Å². The first-order valence-corrected chi connectivity index (χ1v) is 10.5. The molecule has 2 aliphatic rings. The summed E-state index contributed by atoms with van der Waals surface area (Å²) < 4.78 is 0. The van der Waals surface area contributed by atoms with Crippen LogP contribution in [0.1, 0.15) is 77.9 Å². The number of nitrogens with zero attached hydrogens (tertiary/aromatic N) is 3. The van der Waals surface area contributed by atoms with E-state index >= 15 is 0 Å². The third-order valence-electron chi connectivity index (χ3n) is 5.66. The van der Waals surface area contributed by atoms with Crippen LogP contribution in [0.15, 0.2) is 30.5 Å². The fourth-order valence-corrected chi connectivity index (χ4v) is 3.65. The van der Waals surface area contributed by atoms with Crippen molar-refractivity contribution in [2.24, 2.45) is 0 Å². The fourth-order valence-electron chi connectivity index (χ4n) is 3.65. The summed E-state index contributed by atoms with van der Waals surface area (Å²) in [5, 5.41) is 2.93. The fraction of sp³-hybridized carbons (Fsp3) is 0.478. The van der Waals surface area contributed by atoms with Crippen molar-refractivity contribution in [2.45, 2.75) is 57.9 Å². The Morgan fingerprint density at radius 3 is 2.69 bits per heavy atom. The van der Waals surface area contributed by atoms with Gasteiger partial charge in [0.05, 0.1) is 17.8 Å². The van der Waals surface area contributed by atoms with Gasteiger partial charge in [0.2, 0.25) is 5.91 Å². The number of carbonyl (C=O) groups excluding carboxylic acids is 2. The molecule has 6 heteroatoms. The maximum absolute atomic E-state index is 12.9. The summed E-state index contributed by atoms with van der Waals surface area (Å²) in [5.74, 6) is 1.53. The maximum Gasteiger partial charge on any atom is 0.257 e. The van der Waals surface area contributed by atoms with E-state index in [2.05, 4.69) is 41.3 Å². The number of rotatable bonds is 6. The van der Waals surface area contributed by atoms with Crippen LogP contribution in [-0.2, 0) is 17.8 Å². The molecule has 152 valence electrons. The van der Waals surface area contributed by atoms with Gasteiger partial charge in [-0.25, -0.2) is 9.97 Å². The van der Waals surface area contributed by atoms with Crippen LogP contribution in [0.2, 0.25) is 0 Å². The first-order chi connectivity index (χ1) is 14.0. The standard InChI is InChI=1S/C23H28N4O2/c1-15(2)17-7-5-16(6-8-17)12-24-21(28)14-27-11-3-4-20-19(23(27)29)13-25-22(26-20)18-9-10-18/h5-8,13,15,18H,3-4,9-12,14H2,1-2H3,(H,24,28). The third-order valence-corrected chi connectivity index (χ3v) is 5.66. The topological polar surface area (TPSA) is 75.2 Å². The minimum Gasteiger partial charge on any atom is -0.350 e. The Hall–Kier alpha value is -2.76. The van der Waals surface area contributed by atoms with E-state index in [1.54, 1.807) is 11.1 Å². The number of fused-ring (bicyclic) bond motifs is 1. The Morgan fingerprint density at radius 1 is 1.24 bits per heavy atom. The number of benzene rings is 1. The summed E-state index contributed by atoms with van der Waals surface area (Å²) in [6.45, 7) is 5.40. The second kappa shape index (κ2) is 8.31. The van der Waals surface area contributed by atoms with Crippen molar-refractivity contribution in [1.29, 1.82) is 0 Å². The molecule has 1 saturated carbocycles. The average molecular weight is 393 g/mol. The van der Waals surface area contributed by atoms with E-state index in [0.29, 0.717) is 30.5 Å². The Balaban J connectivity index is 1.35. The molecule has 1 fully saturated rings.